The van der Waals surface area contributed by atoms with E-state index in [0.29, 0.717) is 13.0 Å². The quantitative estimate of drug-likeness (QED) is 0.736. The van der Waals surface area contributed by atoms with Gasteiger partial charge in [-0.3, -0.25) is 14.5 Å². The Balaban J connectivity index is 1.63. The average Bonchev–Trinajstić information content (AvgIpc) is 2.54. The van der Waals surface area contributed by atoms with Crippen LogP contribution >= 0.6 is 0 Å². The van der Waals surface area contributed by atoms with E-state index in [1.807, 2.05) is 24.3 Å². The number of amides is 2. The molecular weight excluding hydrogens is 294 g/mol. The summed E-state index contributed by atoms with van der Waals surface area (Å²) in [4.78, 5) is 25.2. The van der Waals surface area contributed by atoms with Crippen LogP contribution in [0.4, 0.5) is 5.69 Å². The lowest BCUT2D eigenvalue weighted by atomic mass is 10.1. The number of hydrogen-bond donors (Lipinski definition) is 2. The van der Waals surface area contributed by atoms with E-state index in [1.165, 1.54) is 6.92 Å². The summed E-state index contributed by atoms with van der Waals surface area (Å²) in [5.41, 5.74) is 1.68. The molecule has 1 aromatic rings. The molecule has 0 saturated carbocycles. The van der Waals surface area contributed by atoms with Gasteiger partial charge in [-0.15, -0.1) is 0 Å². The standard InChI is InChI=1S/C17H25N3O3/c1-14(21)19-16-5-3-15(4-6-16)13-17(22)18-7-2-8-20-9-11-23-12-10-20/h3-6H,2,7-13H2,1H3,(H,18,22)(H,19,21). The minimum atomic E-state index is -0.101. The molecule has 0 unspecified atom stereocenters. The molecule has 6 heteroatoms. The Morgan fingerprint density at radius 1 is 1.17 bits per heavy atom. The third-order valence-electron chi connectivity index (χ3n) is 3.72. The highest BCUT2D eigenvalue weighted by Gasteiger charge is 2.09. The first kappa shape index (κ1) is 17.4. The van der Waals surface area contributed by atoms with E-state index in [9.17, 15) is 9.59 Å². The number of nitrogens with one attached hydrogen (secondary N) is 2. The van der Waals surface area contributed by atoms with E-state index in [4.69, 9.17) is 4.74 Å². The van der Waals surface area contributed by atoms with Gasteiger partial charge in [-0.05, 0) is 30.7 Å². The van der Waals surface area contributed by atoms with Crippen LogP contribution < -0.4 is 10.6 Å². The van der Waals surface area contributed by atoms with Crippen molar-refractivity contribution in [2.45, 2.75) is 19.8 Å². The topological polar surface area (TPSA) is 70.7 Å². The SMILES string of the molecule is CC(=O)Nc1ccc(CC(=O)NCCCN2CCOCC2)cc1. The van der Waals surface area contributed by atoms with E-state index >= 15 is 0 Å². The van der Waals surface area contributed by atoms with Crippen LogP contribution in [-0.2, 0) is 20.7 Å². The van der Waals surface area contributed by atoms with Gasteiger partial charge in [0.05, 0.1) is 19.6 Å². The minimum Gasteiger partial charge on any atom is -0.379 e. The third-order valence-corrected chi connectivity index (χ3v) is 3.72. The van der Waals surface area contributed by atoms with Gasteiger partial charge in [0.2, 0.25) is 11.8 Å². The molecule has 1 heterocycles. The number of anilines is 1. The van der Waals surface area contributed by atoms with Crippen molar-refractivity contribution in [2.24, 2.45) is 0 Å². The number of carbonyl (C=O) groups is 2. The van der Waals surface area contributed by atoms with Crippen LogP contribution in [0.3, 0.4) is 0 Å². The maximum absolute atomic E-state index is 11.9. The lowest BCUT2D eigenvalue weighted by Gasteiger charge is -2.26. The van der Waals surface area contributed by atoms with Crippen LogP contribution in [0.25, 0.3) is 0 Å². The molecule has 0 aromatic heterocycles. The lowest BCUT2D eigenvalue weighted by molar-refractivity contribution is -0.120. The zero-order valence-corrected chi connectivity index (χ0v) is 13.6. The van der Waals surface area contributed by atoms with Gasteiger partial charge >= 0.3 is 0 Å². The van der Waals surface area contributed by atoms with Crippen LogP contribution in [0.2, 0.25) is 0 Å². The molecule has 1 aromatic carbocycles. The number of ether oxygens (including phenoxy) is 1. The van der Waals surface area contributed by atoms with Crippen molar-refractivity contribution >= 4 is 17.5 Å². The monoisotopic (exact) mass is 319 g/mol. The largest absolute Gasteiger partial charge is 0.379 e. The molecule has 0 spiro atoms. The highest BCUT2D eigenvalue weighted by molar-refractivity contribution is 5.88. The predicted octanol–water partition coefficient (Wildman–Crippen LogP) is 1.03. The molecule has 0 bridgehead atoms. The molecule has 23 heavy (non-hydrogen) atoms. The molecule has 2 amide bonds. The van der Waals surface area contributed by atoms with Crippen molar-refractivity contribution in [3.8, 4) is 0 Å². The average molecular weight is 319 g/mol. The summed E-state index contributed by atoms with van der Waals surface area (Å²) in [5, 5.41) is 5.66. The molecular formula is C17H25N3O3. The first-order valence-corrected chi connectivity index (χ1v) is 8.07. The molecule has 1 aliphatic heterocycles. The van der Waals surface area contributed by atoms with Crippen molar-refractivity contribution in [1.29, 1.82) is 0 Å². The van der Waals surface area contributed by atoms with Crippen molar-refractivity contribution in [1.82, 2.24) is 10.2 Å². The molecule has 1 aliphatic rings. The van der Waals surface area contributed by atoms with Crippen molar-refractivity contribution in [2.75, 3.05) is 44.7 Å². The Morgan fingerprint density at radius 3 is 2.52 bits per heavy atom. The Bertz CT molecular complexity index is 510. The summed E-state index contributed by atoms with van der Waals surface area (Å²) >= 11 is 0. The Hall–Kier alpha value is -1.92. The Labute approximate surface area is 137 Å². The highest BCUT2D eigenvalue weighted by Crippen LogP contribution is 2.10. The van der Waals surface area contributed by atoms with Crippen LogP contribution in [0, 0.1) is 0 Å². The van der Waals surface area contributed by atoms with Gasteiger partial charge in [0.1, 0.15) is 0 Å². The molecule has 1 saturated heterocycles. The first-order chi connectivity index (χ1) is 11.1. The van der Waals surface area contributed by atoms with Crippen molar-refractivity contribution in [3.63, 3.8) is 0 Å². The maximum Gasteiger partial charge on any atom is 0.224 e. The van der Waals surface area contributed by atoms with Gasteiger partial charge in [0.15, 0.2) is 0 Å². The lowest BCUT2D eigenvalue weighted by Crippen LogP contribution is -2.38. The first-order valence-electron chi connectivity index (χ1n) is 8.07. The van der Waals surface area contributed by atoms with Gasteiger partial charge in [0.25, 0.3) is 0 Å². The van der Waals surface area contributed by atoms with E-state index in [-0.39, 0.29) is 11.8 Å². The Kier molecular flexibility index (Phi) is 7.03. The molecule has 126 valence electrons. The van der Waals surface area contributed by atoms with E-state index in [2.05, 4.69) is 15.5 Å². The number of carbonyl (C=O) groups excluding carboxylic acids is 2. The van der Waals surface area contributed by atoms with Crippen LogP contribution in [-0.4, -0.2) is 56.1 Å². The molecule has 2 N–H and O–H groups in total. The smallest absolute Gasteiger partial charge is 0.224 e. The van der Waals surface area contributed by atoms with Gasteiger partial charge < -0.3 is 15.4 Å². The third kappa shape index (κ3) is 6.80. The Morgan fingerprint density at radius 2 is 1.87 bits per heavy atom. The molecule has 2 rings (SSSR count). The molecule has 1 fully saturated rings. The molecule has 6 nitrogen and oxygen atoms in total. The molecule has 0 radical (unpaired) electrons. The second-order valence-electron chi connectivity index (χ2n) is 5.71. The maximum atomic E-state index is 11.9. The summed E-state index contributed by atoms with van der Waals surface area (Å²) in [6.07, 6.45) is 1.31. The number of nitrogens with zero attached hydrogens (tertiary/aromatic N) is 1. The number of benzene rings is 1. The zero-order chi connectivity index (χ0) is 16.5. The van der Waals surface area contributed by atoms with E-state index < -0.39 is 0 Å². The second kappa shape index (κ2) is 9.27. The van der Waals surface area contributed by atoms with Gasteiger partial charge in [0, 0.05) is 32.2 Å². The molecule has 0 aliphatic carbocycles. The van der Waals surface area contributed by atoms with Gasteiger partial charge in [-0.1, -0.05) is 12.1 Å². The van der Waals surface area contributed by atoms with Gasteiger partial charge in [-0.25, -0.2) is 0 Å². The highest BCUT2D eigenvalue weighted by atomic mass is 16.5. The fourth-order valence-electron chi connectivity index (χ4n) is 2.51. The zero-order valence-electron chi connectivity index (χ0n) is 13.6. The van der Waals surface area contributed by atoms with E-state index in [0.717, 1.165) is 50.5 Å². The fraction of sp³-hybridized carbons (Fsp3) is 0.529. The number of morpholine rings is 1. The minimum absolute atomic E-state index is 0.0271. The van der Waals surface area contributed by atoms with Crippen molar-refractivity contribution in [3.05, 3.63) is 29.8 Å². The number of hydrogen-bond acceptors (Lipinski definition) is 4. The second-order valence-corrected chi connectivity index (χ2v) is 5.71. The summed E-state index contributed by atoms with van der Waals surface area (Å²) in [7, 11) is 0. The summed E-state index contributed by atoms with van der Waals surface area (Å²) in [5.74, 6) is -0.0741. The summed E-state index contributed by atoms with van der Waals surface area (Å²) < 4.78 is 5.31. The van der Waals surface area contributed by atoms with Crippen LogP contribution in [0.5, 0.6) is 0 Å². The summed E-state index contributed by atoms with van der Waals surface area (Å²) in [6.45, 7) is 6.73. The molecule has 0 atom stereocenters. The summed E-state index contributed by atoms with van der Waals surface area (Å²) in [6, 6.07) is 7.34. The van der Waals surface area contributed by atoms with Gasteiger partial charge in [-0.2, -0.15) is 0 Å². The van der Waals surface area contributed by atoms with Crippen LogP contribution in [0.1, 0.15) is 18.9 Å². The van der Waals surface area contributed by atoms with Crippen molar-refractivity contribution < 1.29 is 14.3 Å². The van der Waals surface area contributed by atoms with Crippen LogP contribution in [0.15, 0.2) is 24.3 Å². The fourth-order valence-corrected chi connectivity index (χ4v) is 2.51. The van der Waals surface area contributed by atoms with E-state index in [1.54, 1.807) is 0 Å². The number of rotatable bonds is 7. The normalized spacial score (nSPS) is 15.2. The predicted molar refractivity (Wildman–Crippen MR) is 89.3 cm³/mol.